The molecule has 0 aliphatic carbocycles. The van der Waals surface area contributed by atoms with Gasteiger partial charge < -0.3 is 15.7 Å². The van der Waals surface area contributed by atoms with Crippen molar-refractivity contribution in [2.75, 3.05) is 12.3 Å². The normalized spacial score (nSPS) is 14.2. The summed E-state index contributed by atoms with van der Waals surface area (Å²) in [6, 6.07) is 5.27. The standard InChI is InChI=1S/C13H14N4O2/c14-11-6-15-16-12(11)13(19)17-4-3-8-1-2-10(18)5-9(8)7-17/h1-2,5-6,18H,3-4,7,14H2,(H,15,16). The summed E-state index contributed by atoms with van der Waals surface area (Å²) in [7, 11) is 0. The fourth-order valence-electron chi connectivity index (χ4n) is 2.34. The number of rotatable bonds is 1. The highest BCUT2D eigenvalue weighted by molar-refractivity contribution is 5.97. The molecule has 0 bridgehead atoms. The van der Waals surface area contributed by atoms with E-state index >= 15 is 0 Å². The van der Waals surface area contributed by atoms with Crippen LogP contribution in [0.1, 0.15) is 21.6 Å². The molecule has 1 amide bonds. The summed E-state index contributed by atoms with van der Waals surface area (Å²) in [5, 5.41) is 15.9. The molecule has 6 heteroatoms. The number of nitrogen functional groups attached to an aromatic ring is 1. The number of H-pyrrole nitrogens is 1. The maximum absolute atomic E-state index is 12.3. The SMILES string of the molecule is Nc1cn[nH]c1C(=O)N1CCc2ccc(O)cc2C1. The van der Waals surface area contributed by atoms with Crippen LogP contribution in [-0.4, -0.2) is 32.7 Å². The minimum absolute atomic E-state index is 0.163. The summed E-state index contributed by atoms with van der Waals surface area (Å²) in [4.78, 5) is 14.0. The number of amides is 1. The van der Waals surface area contributed by atoms with Gasteiger partial charge >= 0.3 is 0 Å². The van der Waals surface area contributed by atoms with Crippen LogP contribution < -0.4 is 5.73 Å². The summed E-state index contributed by atoms with van der Waals surface area (Å²) < 4.78 is 0. The van der Waals surface area contributed by atoms with Gasteiger partial charge in [0.1, 0.15) is 11.4 Å². The van der Waals surface area contributed by atoms with Crippen LogP contribution in [0.3, 0.4) is 0 Å². The topological polar surface area (TPSA) is 95.2 Å². The molecule has 6 nitrogen and oxygen atoms in total. The third-order valence-corrected chi connectivity index (χ3v) is 3.37. The molecule has 1 aliphatic rings. The summed E-state index contributed by atoms with van der Waals surface area (Å²) in [5.74, 6) is 0.0538. The van der Waals surface area contributed by atoms with Crippen molar-refractivity contribution in [3.8, 4) is 5.75 Å². The van der Waals surface area contributed by atoms with Gasteiger partial charge in [-0.3, -0.25) is 9.89 Å². The van der Waals surface area contributed by atoms with Gasteiger partial charge in [0.25, 0.3) is 5.91 Å². The Hall–Kier alpha value is -2.50. The molecule has 1 aliphatic heterocycles. The van der Waals surface area contributed by atoms with E-state index in [4.69, 9.17) is 5.73 Å². The van der Waals surface area contributed by atoms with Gasteiger partial charge in [0.2, 0.25) is 0 Å². The fourth-order valence-corrected chi connectivity index (χ4v) is 2.34. The van der Waals surface area contributed by atoms with Crippen molar-refractivity contribution in [2.24, 2.45) is 0 Å². The molecule has 4 N–H and O–H groups in total. The van der Waals surface area contributed by atoms with Gasteiger partial charge in [-0.05, 0) is 29.7 Å². The Morgan fingerprint density at radius 3 is 3.00 bits per heavy atom. The first-order valence-corrected chi connectivity index (χ1v) is 6.04. The van der Waals surface area contributed by atoms with Gasteiger partial charge in [0.15, 0.2) is 0 Å². The number of nitrogens with zero attached hydrogens (tertiary/aromatic N) is 2. The smallest absolute Gasteiger partial charge is 0.274 e. The van der Waals surface area contributed by atoms with Crippen LogP contribution in [0.2, 0.25) is 0 Å². The molecule has 0 atom stereocenters. The number of carbonyl (C=O) groups is 1. The quantitative estimate of drug-likeness (QED) is 0.708. The lowest BCUT2D eigenvalue weighted by Gasteiger charge is -2.28. The van der Waals surface area contributed by atoms with E-state index in [2.05, 4.69) is 10.2 Å². The van der Waals surface area contributed by atoms with E-state index in [0.717, 1.165) is 12.0 Å². The average Bonchev–Trinajstić information content (AvgIpc) is 2.83. The first-order valence-electron chi connectivity index (χ1n) is 6.04. The first kappa shape index (κ1) is 11.6. The Kier molecular flexibility index (Phi) is 2.63. The van der Waals surface area contributed by atoms with Gasteiger partial charge in [-0.2, -0.15) is 5.10 Å². The van der Waals surface area contributed by atoms with E-state index in [1.54, 1.807) is 17.0 Å². The van der Waals surface area contributed by atoms with E-state index in [0.29, 0.717) is 24.5 Å². The maximum atomic E-state index is 12.3. The largest absolute Gasteiger partial charge is 0.508 e. The van der Waals surface area contributed by atoms with Crippen molar-refractivity contribution in [3.05, 3.63) is 41.2 Å². The zero-order valence-corrected chi connectivity index (χ0v) is 10.3. The fraction of sp³-hybridized carbons (Fsp3) is 0.231. The lowest BCUT2D eigenvalue weighted by molar-refractivity contribution is 0.0729. The van der Waals surface area contributed by atoms with Crippen molar-refractivity contribution in [1.29, 1.82) is 0 Å². The highest BCUT2D eigenvalue weighted by Crippen LogP contribution is 2.24. The molecule has 0 fully saturated rings. The number of aromatic amines is 1. The zero-order chi connectivity index (χ0) is 13.4. The molecule has 19 heavy (non-hydrogen) atoms. The molecule has 2 heterocycles. The molecule has 0 radical (unpaired) electrons. The molecule has 2 aromatic rings. The Morgan fingerprint density at radius 1 is 1.42 bits per heavy atom. The van der Waals surface area contributed by atoms with E-state index < -0.39 is 0 Å². The van der Waals surface area contributed by atoms with Crippen LogP contribution in [0.15, 0.2) is 24.4 Å². The van der Waals surface area contributed by atoms with E-state index in [1.807, 2.05) is 6.07 Å². The van der Waals surface area contributed by atoms with Gasteiger partial charge in [-0.15, -0.1) is 0 Å². The summed E-state index contributed by atoms with van der Waals surface area (Å²) >= 11 is 0. The van der Waals surface area contributed by atoms with Gasteiger partial charge in [-0.25, -0.2) is 0 Å². The number of hydrogen-bond acceptors (Lipinski definition) is 4. The number of hydrogen-bond donors (Lipinski definition) is 3. The maximum Gasteiger partial charge on any atom is 0.274 e. The van der Waals surface area contributed by atoms with Crippen molar-refractivity contribution < 1.29 is 9.90 Å². The number of phenols is 1. The molecule has 1 aromatic heterocycles. The Balaban J connectivity index is 1.86. The van der Waals surface area contributed by atoms with E-state index in [9.17, 15) is 9.90 Å². The second-order valence-corrected chi connectivity index (χ2v) is 4.63. The minimum Gasteiger partial charge on any atom is -0.508 e. The number of aromatic nitrogens is 2. The number of anilines is 1. The molecule has 0 spiro atoms. The molecule has 0 unspecified atom stereocenters. The zero-order valence-electron chi connectivity index (χ0n) is 10.3. The van der Waals surface area contributed by atoms with Crippen molar-refractivity contribution >= 4 is 11.6 Å². The molecule has 1 aromatic carbocycles. The number of phenolic OH excluding ortho intramolecular Hbond substituents is 1. The second-order valence-electron chi connectivity index (χ2n) is 4.63. The predicted molar refractivity (Wildman–Crippen MR) is 69.6 cm³/mol. The third-order valence-electron chi connectivity index (χ3n) is 3.37. The number of nitrogens with two attached hydrogens (primary N) is 1. The average molecular weight is 258 g/mol. The van der Waals surface area contributed by atoms with Crippen LogP contribution in [0.25, 0.3) is 0 Å². The number of aromatic hydroxyl groups is 1. The van der Waals surface area contributed by atoms with Crippen molar-refractivity contribution in [2.45, 2.75) is 13.0 Å². The third kappa shape index (κ3) is 2.01. The molecular weight excluding hydrogens is 244 g/mol. The minimum atomic E-state index is -0.163. The van der Waals surface area contributed by atoms with Crippen LogP contribution in [0.5, 0.6) is 5.75 Å². The highest BCUT2D eigenvalue weighted by Gasteiger charge is 2.24. The van der Waals surface area contributed by atoms with Crippen LogP contribution in [-0.2, 0) is 13.0 Å². The summed E-state index contributed by atoms with van der Waals surface area (Å²) in [6.45, 7) is 1.11. The van der Waals surface area contributed by atoms with Crippen LogP contribution in [0, 0.1) is 0 Å². The Labute approximate surface area is 109 Å². The predicted octanol–water partition coefficient (Wildman–Crippen LogP) is 0.896. The van der Waals surface area contributed by atoms with Gasteiger partial charge in [-0.1, -0.05) is 6.07 Å². The van der Waals surface area contributed by atoms with Gasteiger partial charge in [0, 0.05) is 13.1 Å². The summed E-state index contributed by atoms with van der Waals surface area (Å²) in [5.41, 5.74) is 8.50. The Bertz CT molecular complexity index is 635. The second kappa shape index (κ2) is 4.31. The molecule has 0 saturated heterocycles. The lowest BCUT2D eigenvalue weighted by atomic mass is 9.99. The lowest BCUT2D eigenvalue weighted by Crippen LogP contribution is -2.36. The highest BCUT2D eigenvalue weighted by atomic mass is 16.3. The monoisotopic (exact) mass is 258 g/mol. The molecule has 98 valence electrons. The Morgan fingerprint density at radius 2 is 2.26 bits per heavy atom. The number of carbonyl (C=O) groups excluding carboxylic acids is 1. The molecule has 3 rings (SSSR count). The van der Waals surface area contributed by atoms with E-state index in [1.165, 1.54) is 11.8 Å². The van der Waals surface area contributed by atoms with Crippen LogP contribution >= 0.6 is 0 Å². The number of fused-ring (bicyclic) bond motifs is 1. The van der Waals surface area contributed by atoms with Crippen molar-refractivity contribution in [3.63, 3.8) is 0 Å². The number of nitrogens with one attached hydrogen (secondary N) is 1. The van der Waals surface area contributed by atoms with Crippen molar-refractivity contribution in [1.82, 2.24) is 15.1 Å². The first-order chi connectivity index (χ1) is 9.15. The number of benzene rings is 1. The molecule has 0 saturated carbocycles. The molecular formula is C13H14N4O2. The summed E-state index contributed by atoms with van der Waals surface area (Å²) in [6.07, 6.45) is 2.20. The van der Waals surface area contributed by atoms with Crippen LogP contribution in [0.4, 0.5) is 5.69 Å². The van der Waals surface area contributed by atoms with E-state index in [-0.39, 0.29) is 11.7 Å². The van der Waals surface area contributed by atoms with Gasteiger partial charge in [0.05, 0.1) is 11.9 Å².